The largest absolute Gasteiger partial charge is 0.391 e. The van der Waals surface area contributed by atoms with Crippen molar-refractivity contribution in [2.75, 3.05) is 44.2 Å². The van der Waals surface area contributed by atoms with Crippen LogP contribution in [0.15, 0.2) is 0 Å². The average molecular weight is 401 g/mol. The molecule has 1 fully saturated rings. The molecule has 0 aromatic rings. The van der Waals surface area contributed by atoms with Gasteiger partial charge in [0.1, 0.15) is 0 Å². The number of hydrogen-bond donors (Lipinski definition) is 2. The Morgan fingerprint density at radius 1 is 0.778 bits per heavy atom. The molecule has 4 heteroatoms. The van der Waals surface area contributed by atoms with E-state index in [1.54, 1.807) is 0 Å². The van der Waals surface area contributed by atoms with Gasteiger partial charge < -0.3 is 10.4 Å². The molecule has 0 amide bonds. The normalized spacial score (nSPS) is 16.7. The van der Waals surface area contributed by atoms with Crippen molar-refractivity contribution >= 4 is 11.8 Å². The first-order valence-electron chi connectivity index (χ1n) is 12.0. The molecule has 1 unspecified atom stereocenters. The second-order valence-corrected chi connectivity index (χ2v) is 9.53. The molecule has 0 aromatic carbocycles. The van der Waals surface area contributed by atoms with Gasteiger partial charge in [-0.3, -0.25) is 4.90 Å². The van der Waals surface area contributed by atoms with Gasteiger partial charge in [0.2, 0.25) is 0 Å². The van der Waals surface area contributed by atoms with Crippen molar-refractivity contribution in [1.82, 2.24) is 10.2 Å². The number of thioether (sulfide) groups is 1. The number of nitrogens with one attached hydrogen (secondary N) is 1. The first-order valence-corrected chi connectivity index (χ1v) is 13.2. The molecule has 2 N–H and O–H groups in total. The summed E-state index contributed by atoms with van der Waals surface area (Å²) in [5.74, 6) is 2.12. The lowest BCUT2D eigenvalue weighted by atomic mass is 10.0. The third kappa shape index (κ3) is 16.9. The minimum absolute atomic E-state index is 0.153. The first kappa shape index (κ1) is 25.3. The van der Waals surface area contributed by atoms with Crippen LogP contribution >= 0.6 is 11.8 Å². The molecule has 0 bridgehead atoms. The summed E-state index contributed by atoms with van der Waals surface area (Å²) in [5, 5.41) is 13.5. The molecule has 1 rings (SSSR count). The monoisotopic (exact) mass is 400 g/mol. The highest BCUT2D eigenvalue weighted by Gasteiger charge is 2.13. The summed E-state index contributed by atoms with van der Waals surface area (Å²) < 4.78 is 0. The smallest absolute Gasteiger partial charge is 0.0757 e. The van der Waals surface area contributed by atoms with Crippen LogP contribution in [0.5, 0.6) is 0 Å². The number of unbranched alkanes of at least 4 members (excludes halogenated alkanes) is 13. The molecule has 1 heterocycles. The fourth-order valence-corrected chi connectivity index (χ4v) is 4.81. The Hall–Kier alpha value is 0.230. The first-order chi connectivity index (χ1) is 13.3. The predicted molar refractivity (Wildman–Crippen MR) is 123 cm³/mol. The molecule has 0 radical (unpaired) electrons. The highest BCUT2D eigenvalue weighted by molar-refractivity contribution is 7.99. The van der Waals surface area contributed by atoms with E-state index < -0.39 is 0 Å². The van der Waals surface area contributed by atoms with Crippen LogP contribution in [0.3, 0.4) is 0 Å². The van der Waals surface area contributed by atoms with Gasteiger partial charge in [0, 0.05) is 38.5 Å². The minimum atomic E-state index is -0.153. The van der Waals surface area contributed by atoms with Crippen molar-refractivity contribution in [2.24, 2.45) is 0 Å². The molecule has 0 aliphatic carbocycles. The van der Waals surface area contributed by atoms with Gasteiger partial charge in [0.15, 0.2) is 0 Å². The van der Waals surface area contributed by atoms with Crippen LogP contribution in [0.25, 0.3) is 0 Å². The van der Waals surface area contributed by atoms with Gasteiger partial charge in [0.25, 0.3) is 0 Å². The maximum Gasteiger partial charge on any atom is 0.0757 e. The number of aliphatic hydroxyl groups is 1. The zero-order valence-electron chi connectivity index (χ0n) is 18.2. The van der Waals surface area contributed by atoms with Crippen molar-refractivity contribution in [1.29, 1.82) is 0 Å². The molecule has 1 aliphatic heterocycles. The third-order valence-corrected chi connectivity index (χ3v) is 6.83. The summed E-state index contributed by atoms with van der Waals surface area (Å²) in [6.45, 7) is 7.45. The second kappa shape index (κ2) is 19.5. The van der Waals surface area contributed by atoms with Crippen LogP contribution in [-0.4, -0.2) is 60.3 Å². The van der Waals surface area contributed by atoms with Gasteiger partial charge in [-0.1, -0.05) is 90.4 Å². The second-order valence-electron chi connectivity index (χ2n) is 8.38. The van der Waals surface area contributed by atoms with E-state index in [1.807, 2.05) is 11.8 Å². The van der Waals surface area contributed by atoms with Crippen molar-refractivity contribution in [3.8, 4) is 0 Å². The van der Waals surface area contributed by atoms with Crippen LogP contribution in [0.1, 0.15) is 96.8 Å². The fraction of sp³-hybridized carbons (Fsp3) is 1.00. The Morgan fingerprint density at radius 3 is 1.78 bits per heavy atom. The van der Waals surface area contributed by atoms with Gasteiger partial charge in [-0.05, 0) is 12.2 Å². The third-order valence-electron chi connectivity index (χ3n) is 5.63. The molecule has 0 saturated carbocycles. The molecule has 3 nitrogen and oxygen atoms in total. The SMILES string of the molecule is CCCCCCCCCCCCCCCCSCC(O)CN1CCNCC1. The van der Waals surface area contributed by atoms with Crippen LogP contribution in [0, 0.1) is 0 Å². The lowest BCUT2D eigenvalue weighted by molar-refractivity contribution is 0.121. The lowest BCUT2D eigenvalue weighted by Crippen LogP contribution is -2.46. The van der Waals surface area contributed by atoms with E-state index in [4.69, 9.17) is 0 Å². The van der Waals surface area contributed by atoms with E-state index in [0.29, 0.717) is 0 Å². The van der Waals surface area contributed by atoms with Crippen molar-refractivity contribution in [2.45, 2.75) is 103 Å². The van der Waals surface area contributed by atoms with Crippen LogP contribution in [-0.2, 0) is 0 Å². The molecule has 0 spiro atoms. The van der Waals surface area contributed by atoms with Crippen LogP contribution in [0.4, 0.5) is 0 Å². The predicted octanol–water partition coefficient (Wildman–Crippen LogP) is 5.47. The zero-order chi connectivity index (χ0) is 19.4. The Morgan fingerprint density at radius 2 is 1.26 bits per heavy atom. The van der Waals surface area contributed by atoms with Crippen molar-refractivity contribution < 1.29 is 5.11 Å². The van der Waals surface area contributed by atoms with Gasteiger partial charge in [-0.15, -0.1) is 0 Å². The standard InChI is InChI=1S/C23H48N2OS/c1-2-3-4-5-6-7-8-9-10-11-12-13-14-15-20-27-22-23(26)21-25-18-16-24-17-19-25/h23-24,26H,2-22H2,1H3. The summed E-state index contributed by atoms with van der Waals surface area (Å²) in [7, 11) is 0. The number of nitrogens with zero attached hydrogens (tertiary/aromatic N) is 1. The molecule has 162 valence electrons. The summed E-state index contributed by atoms with van der Waals surface area (Å²) in [6, 6.07) is 0. The molecule has 1 atom stereocenters. The summed E-state index contributed by atoms with van der Waals surface area (Å²) >= 11 is 1.94. The van der Waals surface area contributed by atoms with Gasteiger partial charge in [0.05, 0.1) is 6.10 Å². The fourth-order valence-electron chi connectivity index (χ4n) is 3.86. The molecule has 27 heavy (non-hydrogen) atoms. The highest BCUT2D eigenvalue weighted by Crippen LogP contribution is 2.14. The molecule has 1 saturated heterocycles. The number of aliphatic hydroxyl groups excluding tert-OH is 1. The van der Waals surface area contributed by atoms with Crippen LogP contribution < -0.4 is 5.32 Å². The minimum Gasteiger partial charge on any atom is -0.391 e. The van der Waals surface area contributed by atoms with Gasteiger partial charge in [-0.2, -0.15) is 11.8 Å². The highest BCUT2D eigenvalue weighted by atomic mass is 32.2. The lowest BCUT2D eigenvalue weighted by Gasteiger charge is -2.28. The van der Waals surface area contributed by atoms with Crippen molar-refractivity contribution in [3.05, 3.63) is 0 Å². The van der Waals surface area contributed by atoms with E-state index in [1.165, 1.54) is 95.6 Å². The van der Waals surface area contributed by atoms with Crippen molar-refractivity contribution in [3.63, 3.8) is 0 Å². The van der Waals surface area contributed by atoms with E-state index in [0.717, 1.165) is 38.5 Å². The summed E-state index contributed by atoms with van der Waals surface area (Å²) in [6.07, 6.45) is 19.8. The maximum absolute atomic E-state index is 10.1. The molecular formula is C23H48N2OS. The van der Waals surface area contributed by atoms with E-state index in [-0.39, 0.29) is 6.10 Å². The van der Waals surface area contributed by atoms with Gasteiger partial charge >= 0.3 is 0 Å². The maximum atomic E-state index is 10.1. The summed E-state index contributed by atoms with van der Waals surface area (Å²) in [5.41, 5.74) is 0. The number of rotatable bonds is 19. The Bertz CT molecular complexity index is 298. The topological polar surface area (TPSA) is 35.5 Å². The van der Waals surface area contributed by atoms with E-state index in [9.17, 15) is 5.11 Å². The number of piperazine rings is 1. The average Bonchev–Trinajstić information content (AvgIpc) is 2.68. The molecule has 0 aromatic heterocycles. The number of hydrogen-bond acceptors (Lipinski definition) is 4. The Labute approximate surface area is 174 Å². The molecular weight excluding hydrogens is 352 g/mol. The zero-order valence-corrected chi connectivity index (χ0v) is 19.0. The molecule has 1 aliphatic rings. The summed E-state index contributed by atoms with van der Waals surface area (Å²) in [4.78, 5) is 2.38. The van der Waals surface area contributed by atoms with E-state index in [2.05, 4.69) is 17.1 Å². The van der Waals surface area contributed by atoms with E-state index >= 15 is 0 Å². The van der Waals surface area contributed by atoms with Gasteiger partial charge in [-0.25, -0.2) is 0 Å². The number of β-amino-alcohol motifs (C(OH)–C–C–N with tert-alkyl or cyclic N) is 1. The Balaban J connectivity index is 1.71. The Kier molecular flexibility index (Phi) is 18.3. The quantitative estimate of drug-likeness (QED) is 0.282. The van der Waals surface area contributed by atoms with Crippen LogP contribution in [0.2, 0.25) is 0 Å².